The molecular weight excluding hydrogens is 394 g/mol. The lowest BCUT2D eigenvalue weighted by Crippen LogP contribution is -2.24. The molecule has 6 nitrogen and oxygen atoms in total. The highest BCUT2D eigenvalue weighted by Gasteiger charge is 2.22. The Morgan fingerprint density at radius 3 is 2.39 bits per heavy atom. The first kappa shape index (κ1) is 20.2. The van der Waals surface area contributed by atoms with E-state index in [1.165, 1.54) is 35.8 Å². The normalized spacial score (nSPS) is 10.8. The van der Waals surface area contributed by atoms with Crippen LogP contribution in [-0.4, -0.2) is 21.8 Å². The van der Waals surface area contributed by atoms with Gasteiger partial charge in [0, 0.05) is 12.3 Å². The third-order valence-corrected chi connectivity index (χ3v) is 5.85. The van der Waals surface area contributed by atoms with Gasteiger partial charge in [0.05, 0.1) is 22.6 Å². The van der Waals surface area contributed by atoms with Gasteiger partial charge in [-0.2, -0.15) is 0 Å². The van der Waals surface area contributed by atoms with Gasteiger partial charge in [0.2, 0.25) is 5.91 Å². The Hall–Kier alpha value is -2.58. The van der Waals surface area contributed by atoms with Gasteiger partial charge in [-0.05, 0) is 38.8 Å². The number of aromatic nitrogens is 2. The molecule has 0 atom stereocenters. The van der Waals surface area contributed by atoms with Crippen LogP contribution in [0.2, 0.25) is 0 Å². The maximum Gasteiger partial charge on any atom is 0.350 e. The Morgan fingerprint density at radius 1 is 1.14 bits per heavy atom. The highest BCUT2D eigenvalue weighted by Crippen LogP contribution is 2.34. The summed E-state index contributed by atoms with van der Waals surface area (Å²) in [6.07, 6.45) is 1.51. The van der Waals surface area contributed by atoms with Gasteiger partial charge in [-0.3, -0.25) is 9.69 Å². The average molecular weight is 416 g/mol. The lowest BCUT2D eigenvalue weighted by Gasteiger charge is -2.23. The van der Waals surface area contributed by atoms with Gasteiger partial charge in [-0.1, -0.05) is 17.7 Å². The zero-order chi connectivity index (χ0) is 20.4. The van der Waals surface area contributed by atoms with Crippen LogP contribution < -0.4 is 4.90 Å². The molecular formula is C20H21N3O3S2. The van der Waals surface area contributed by atoms with Crippen molar-refractivity contribution in [3.8, 4) is 0 Å². The minimum Gasteiger partial charge on any atom is -0.455 e. The quantitative estimate of drug-likeness (QED) is 0.556. The molecule has 0 N–H and O–H groups in total. The van der Waals surface area contributed by atoms with Crippen molar-refractivity contribution in [3.05, 3.63) is 56.0 Å². The molecule has 28 heavy (non-hydrogen) atoms. The second kappa shape index (κ2) is 8.20. The average Bonchev–Trinajstić information content (AvgIpc) is 3.24. The number of hydrogen-bond donors (Lipinski definition) is 0. The fraction of sp³-hybridized carbons (Fsp3) is 0.300. The number of thiazole rings is 2. The van der Waals surface area contributed by atoms with E-state index < -0.39 is 5.97 Å². The van der Waals surface area contributed by atoms with E-state index in [1.54, 1.807) is 10.3 Å². The van der Waals surface area contributed by atoms with E-state index in [0.29, 0.717) is 15.7 Å². The third-order valence-electron chi connectivity index (χ3n) is 4.08. The van der Waals surface area contributed by atoms with E-state index in [9.17, 15) is 9.59 Å². The van der Waals surface area contributed by atoms with Crippen LogP contribution in [0.4, 0.5) is 10.8 Å². The second-order valence-corrected chi connectivity index (χ2v) is 8.61. The molecule has 0 radical (unpaired) electrons. The van der Waals surface area contributed by atoms with E-state index >= 15 is 0 Å². The Bertz CT molecular complexity index is 1020. The molecule has 0 aliphatic heterocycles. The Morgan fingerprint density at radius 2 is 1.82 bits per heavy atom. The van der Waals surface area contributed by atoms with Gasteiger partial charge in [-0.15, -0.1) is 22.7 Å². The van der Waals surface area contributed by atoms with Crippen molar-refractivity contribution in [1.82, 2.24) is 9.97 Å². The maximum atomic E-state index is 12.4. The van der Waals surface area contributed by atoms with E-state index in [2.05, 4.69) is 9.97 Å². The van der Waals surface area contributed by atoms with Crippen molar-refractivity contribution in [1.29, 1.82) is 0 Å². The summed E-state index contributed by atoms with van der Waals surface area (Å²) in [5, 5.41) is 3.17. The molecule has 1 aromatic carbocycles. The Kier molecular flexibility index (Phi) is 5.90. The summed E-state index contributed by atoms with van der Waals surface area (Å²) in [7, 11) is 0. The molecule has 0 aliphatic carbocycles. The molecule has 0 fully saturated rings. The molecule has 0 unspecified atom stereocenters. The van der Waals surface area contributed by atoms with Gasteiger partial charge in [-0.25, -0.2) is 14.8 Å². The minimum absolute atomic E-state index is 0.0455. The number of nitrogens with zero attached hydrogens (tertiary/aromatic N) is 3. The SMILES string of the molecule is CC(=O)N(c1nc(COC(=O)c2cnc(C)s2)cs1)c1c(C)cc(C)cc1C. The number of rotatable bonds is 5. The summed E-state index contributed by atoms with van der Waals surface area (Å²) >= 11 is 2.64. The summed E-state index contributed by atoms with van der Waals surface area (Å²) in [6.45, 7) is 9.40. The molecule has 0 aliphatic rings. The van der Waals surface area contributed by atoms with Crippen molar-refractivity contribution in [3.63, 3.8) is 0 Å². The van der Waals surface area contributed by atoms with Crippen LogP contribution in [0.3, 0.4) is 0 Å². The highest BCUT2D eigenvalue weighted by molar-refractivity contribution is 7.14. The van der Waals surface area contributed by atoms with Crippen LogP contribution in [0.25, 0.3) is 0 Å². The molecule has 146 valence electrons. The number of carbonyl (C=O) groups excluding carboxylic acids is 2. The first-order chi connectivity index (χ1) is 13.3. The van der Waals surface area contributed by atoms with Gasteiger partial charge >= 0.3 is 5.97 Å². The summed E-state index contributed by atoms with van der Waals surface area (Å²) in [5.74, 6) is -0.540. The van der Waals surface area contributed by atoms with Gasteiger partial charge in [0.1, 0.15) is 11.5 Å². The minimum atomic E-state index is -0.422. The zero-order valence-electron chi connectivity index (χ0n) is 16.4. The molecule has 0 spiro atoms. The number of anilines is 2. The van der Waals surface area contributed by atoms with E-state index in [1.807, 2.05) is 39.8 Å². The number of hydrogen-bond acceptors (Lipinski definition) is 7. The topological polar surface area (TPSA) is 72.4 Å². The van der Waals surface area contributed by atoms with Crippen molar-refractivity contribution >= 4 is 45.4 Å². The lowest BCUT2D eigenvalue weighted by atomic mass is 10.0. The van der Waals surface area contributed by atoms with Gasteiger partial charge in [0.15, 0.2) is 5.13 Å². The summed E-state index contributed by atoms with van der Waals surface area (Å²) < 4.78 is 5.32. The molecule has 2 aromatic heterocycles. The number of esters is 1. The molecule has 2 heterocycles. The van der Waals surface area contributed by atoms with Crippen molar-refractivity contribution in [2.75, 3.05) is 4.90 Å². The lowest BCUT2D eigenvalue weighted by molar-refractivity contribution is -0.115. The number of aryl methyl sites for hydroxylation is 4. The molecule has 0 saturated carbocycles. The third kappa shape index (κ3) is 4.28. The first-order valence-electron chi connectivity index (χ1n) is 8.68. The molecule has 8 heteroatoms. The van der Waals surface area contributed by atoms with Crippen molar-refractivity contribution < 1.29 is 14.3 Å². The standard InChI is InChI=1S/C20H21N3O3S2/c1-11-6-12(2)18(13(3)7-11)23(15(5)24)20-22-16(10-27-20)9-26-19(25)17-8-21-14(4)28-17/h6-8,10H,9H2,1-5H3. The molecule has 3 rings (SSSR count). The van der Waals surface area contributed by atoms with Crippen LogP contribution in [0.15, 0.2) is 23.7 Å². The molecule has 1 amide bonds. The van der Waals surface area contributed by atoms with Crippen LogP contribution in [0.1, 0.15) is 44.0 Å². The van der Waals surface area contributed by atoms with E-state index in [4.69, 9.17) is 4.74 Å². The first-order valence-corrected chi connectivity index (χ1v) is 10.4. The maximum absolute atomic E-state index is 12.4. The Balaban J connectivity index is 1.81. The molecule has 3 aromatic rings. The van der Waals surface area contributed by atoms with Crippen LogP contribution in [0, 0.1) is 27.7 Å². The van der Waals surface area contributed by atoms with Crippen LogP contribution in [0.5, 0.6) is 0 Å². The van der Waals surface area contributed by atoms with Gasteiger partial charge < -0.3 is 4.74 Å². The monoisotopic (exact) mass is 415 g/mol. The number of amides is 1. The smallest absolute Gasteiger partial charge is 0.350 e. The summed E-state index contributed by atoms with van der Waals surface area (Å²) in [6, 6.07) is 4.09. The number of ether oxygens (including phenoxy) is 1. The number of benzene rings is 1. The largest absolute Gasteiger partial charge is 0.455 e. The zero-order valence-corrected chi connectivity index (χ0v) is 18.0. The summed E-state index contributed by atoms with van der Waals surface area (Å²) in [4.78, 5) is 35.1. The predicted octanol–water partition coefficient (Wildman–Crippen LogP) is 4.87. The van der Waals surface area contributed by atoms with Crippen LogP contribution in [-0.2, 0) is 16.1 Å². The van der Waals surface area contributed by atoms with E-state index in [0.717, 1.165) is 27.4 Å². The van der Waals surface area contributed by atoms with Crippen molar-refractivity contribution in [2.24, 2.45) is 0 Å². The molecule has 0 bridgehead atoms. The van der Waals surface area contributed by atoms with Gasteiger partial charge in [0.25, 0.3) is 0 Å². The fourth-order valence-corrected chi connectivity index (χ4v) is 4.57. The van der Waals surface area contributed by atoms with Crippen LogP contribution >= 0.6 is 22.7 Å². The van der Waals surface area contributed by atoms with Crippen molar-refractivity contribution in [2.45, 2.75) is 41.2 Å². The second-order valence-electron chi connectivity index (χ2n) is 6.54. The highest BCUT2D eigenvalue weighted by atomic mass is 32.1. The Labute approximate surface area is 171 Å². The predicted molar refractivity (Wildman–Crippen MR) is 112 cm³/mol. The van der Waals surface area contributed by atoms with E-state index in [-0.39, 0.29) is 12.5 Å². The number of carbonyl (C=O) groups is 2. The fourth-order valence-electron chi connectivity index (χ4n) is 3.04. The molecule has 0 saturated heterocycles. The summed E-state index contributed by atoms with van der Waals surface area (Å²) in [5.41, 5.74) is 4.61.